The van der Waals surface area contributed by atoms with Crippen LogP contribution in [0.5, 0.6) is 0 Å². The van der Waals surface area contributed by atoms with Gasteiger partial charge >= 0.3 is 6.09 Å². The number of hydrogen-bond donors (Lipinski definition) is 10. The number of nitrogens with one attached hydrogen (secondary N) is 10. The van der Waals surface area contributed by atoms with Crippen molar-refractivity contribution >= 4 is 65.2 Å². The first-order chi connectivity index (χ1) is 34.5. The van der Waals surface area contributed by atoms with E-state index in [9.17, 15) is 24.0 Å². The molecule has 1 unspecified atom stereocenters. The van der Waals surface area contributed by atoms with Gasteiger partial charge in [-0.2, -0.15) is 23.5 Å². The van der Waals surface area contributed by atoms with Crippen molar-refractivity contribution in [1.82, 2.24) is 52.3 Å². The van der Waals surface area contributed by atoms with Crippen LogP contribution in [0, 0.1) is 34.5 Å². The molecule has 6 rings (SSSR count). The van der Waals surface area contributed by atoms with Gasteiger partial charge in [-0.3, -0.25) is 34.9 Å². The summed E-state index contributed by atoms with van der Waals surface area (Å²) in [4.78, 5) is 66.8. The fourth-order valence-corrected chi connectivity index (χ4v) is 13.0. The number of amides is 5. The third-order valence-electron chi connectivity index (χ3n) is 14.1. The van der Waals surface area contributed by atoms with Crippen molar-refractivity contribution in [3.8, 4) is 11.8 Å². The second-order valence-electron chi connectivity index (χ2n) is 19.6. The smallest absolute Gasteiger partial charge is 0.409 e. The number of likely N-dealkylation sites (N-methyl/N-ethyl adjacent to an activating group) is 1. The summed E-state index contributed by atoms with van der Waals surface area (Å²) in [7, 11) is 1.71. The lowest BCUT2D eigenvalue weighted by Gasteiger charge is -2.21. The van der Waals surface area contributed by atoms with Crippen LogP contribution in [-0.2, 0) is 33.4 Å². The van der Waals surface area contributed by atoms with Gasteiger partial charge in [0.05, 0.1) is 63.7 Å². The van der Waals surface area contributed by atoms with Crippen molar-refractivity contribution in [3.63, 3.8) is 0 Å². The Bertz CT molecular complexity index is 1720. The van der Waals surface area contributed by atoms with Crippen LogP contribution in [-0.4, -0.2) is 190 Å². The van der Waals surface area contributed by atoms with Crippen molar-refractivity contribution in [3.05, 3.63) is 0 Å². The lowest BCUT2D eigenvalue weighted by Crippen LogP contribution is -2.44. The number of carbonyl (C=O) groups excluding carboxylic acids is 5. The third kappa shape index (κ3) is 20.0. The van der Waals surface area contributed by atoms with Crippen LogP contribution in [0.2, 0.25) is 0 Å². The number of rotatable bonds is 34. The van der Waals surface area contributed by atoms with Crippen LogP contribution in [0.15, 0.2) is 0 Å². The van der Waals surface area contributed by atoms with Crippen molar-refractivity contribution in [2.75, 3.05) is 97.3 Å². The first-order valence-electron chi connectivity index (χ1n) is 26.3. The van der Waals surface area contributed by atoms with E-state index in [1.54, 1.807) is 11.9 Å². The molecule has 4 saturated heterocycles. The molecule has 1 saturated carbocycles. The highest BCUT2D eigenvalue weighted by molar-refractivity contribution is 8.00. The predicted octanol–water partition coefficient (Wildman–Crippen LogP) is 1.69. The normalized spacial score (nSPS) is 25.6. The lowest BCUT2D eigenvalue weighted by molar-refractivity contribution is -0.126. The molecule has 4 heterocycles. The predicted molar refractivity (Wildman–Crippen MR) is 277 cm³/mol. The molecule has 10 N–H and O–H groups in total. The molecule has 2 aliphatic carbocycles. The number of hydrogen-bond acceptors (Lipinski definition) is 13. The number of fused-ring (bicyclic) bond motifs is 3. The third-order valence-corrected chi connectivity index (χ3v) is 17.1. The number of thioether (sulfide) groups is 2. The monoisotopic (exact) mass is 1030 g/mol. The molecule has 4 aliphatic heterocycles. The molecule has 22 heteroatoms. The average molecular weight is 1030 g/mol. The van der Waals surface area contributed by atoms with Crippen molar-refractivity contribution in [2.24, 2.45) is 11.8 Å². The maximum Gasteiger partial charge on any atom is 0.409 e. The summed E-state index contributed by atoms with van der Waals surface area (Å²) in [6, 6.07) is 1.28. The second-order valence-corrected chi connectivity index (χ2v) is 22.1. The van der Waals surface area contributed by atoms with E-state index >= 15 is 0 Å². The lowest BCUT2D eigenvalue weighted by atomic mass is 10.0. The molecular formula is C49H82N12O8S2. The van der Waals surface area contributed by atoms with E-state index < -0.39 is 0 Å². The van der Waals surface area contributed by atoms with Crippen LogP contribution < -0.4 is 42.5 Å². The van der Waals surface area contributed by atoms with E-state index in [2.05, 4.69) is 54.4 Å². The van der Waals surface area contributed by atoms with Gasteiger partial charge in [-0.1, -0.05) is 12.8 Å². The minimum atomic E-state index is -0.333. The molecule has 20 nitrogen and oxygen atoms in total. The van der Waals surface area contributed by atoms with E-state index in [-0.39, 0.29) is 55.5 Å². The van der Waals surface area contributed by atoms with Crippen LogP contribution in [0.3, 0.4) is 0 Å². The Kier molecular flexibility index (Phi) is 24.3. The van der Waals surface area contributed by atoms with Gasteiger partial charge in [0, 0.05) is 106 Å². The Balaban J connectivity index is 0.792. The minimum absolute atomic E-state index is 0.0151. The molecule has 6 aliphatic rings. The Hall–Kier alpha value is -4.17. The van der Waals surface area contributed by atoms with Gasteiger partial charge in [0.1, 0.15) is 6.10 Å². The molecule has 5 fully saturated rings. The van der Waals surface area contributed by atoms with E-state index in [0.29, 0.717) is 143 Å². The van der Waals surface area contributed by atoms with Gasteiger partial charge in [-0.05, 0) is 64.2 Å². The number of unbranched alkanes of at least 4 members (excludes halogenated alkanes) is 4. The van der Waals surface area contributed by atoms with Crippen molar-refractivity contribution in [1.29, 1.82) is 10.8 Å². The number of guanidine groups is 2. The summed E-state index contributed by atoms with van der Waals surface area (Å²) in [5.74, 6) is 9.73. The van der Waals surface area contributed by atoms with Crippen molar-refractivity contribution in [2.45, 2.75) is 144 Å². The number of ether oxygens (including phenoxy) is 3. The van der Waals surface area contributed by atoms with Gasteiger partial charge in [-0.25, -0.2) is 4.79 Å². The summed E-state index contributed by atoms with van der Waals surface area (Å²) in [6.07, 6.45) is 12.8. The zero-order valence-electron chi connectivity index (χ0n) is 41.9. The molecule has 0 bridgehead atoms. The molecule has 398 valence electrons. The molecule has 71 heavy (non-hydrogen) atoms. The zero-order chi connectivity index (χ0) is 50.2. The first kappa shape index (κ1) is 56.1. The SMILES string of the molecule is CN(CCOCCOCCN(CC(=O)NCCCCNC(=O)CCCC[C@@H]1SC[C@@H]2NC(=N)N[C@@H]21)CC(=O)NCCCCNC(=O)CCCC[C@@H]1SC[C@@H]2NC(=N)N[C@@H]21)C(=O)OC1[C@H]2CCC#CCC[C@@H]12. The number of carbonyl (C=O) groups is 5. The average Bonchev–Trinajstić information content (AvgIpc) is 3.78. The fourth-order valence-electron chi connectivity index (χ4n) is 9.94. The zero-order valence-corrected chi connectivity index (χ0v) is 43.5. The van der Waals surface area contributed by atoms with Gasteiger partial charge in [0.2, 0.25) is 23.6 Å². The number of nitrogens with zero attached hydrogens (tertiary/aromatic N) is 2. The Morgan fingerprint density at radius 3 is 1.54 bits per heavy atom. The standard InChI is InChI=1S/C49H82N12O8S2/c1-60(49(66)69-46-34-14-4-2-3-5-15-35(34)46)24-26-67-28-29-68-27-25-61(30-42(64)54-22-12-10-20-52-40(62)18-8-6-16-38-44-36(32-70-38)56-47(50)58-44)31-43(65)55-23-13-11-21-53-41(63)19-9-7-17-39-45-37(33-71-39)57-48(51)59-45/h34-39,44-46H,4-33H2,1H3,(H,52,62)(H,53,63)(H,54,64)(H,55,65)(H3,50,56,58)(H3,51,57,59)/t34-,35+,36-,37-,38-,39-,44-,45-,46?/m0/s1. The summed E-state index contributed by atoms with van der Waals surface area (Å²) in [5.41, 5.74) is 0. The molecule has 5 amide bonds. The van der Waals surface area contributed by atoms with E-state index in [4.69, 9.17) is 25.0 Å². The van der Waals surface area contributed by atoms with Crippen LogP contribution in [0.25, 0.3) is 0 Å². The molecule has 9 atom stereocenters. The van der Waals surface area contributed by atoms with Gasteiger partial charge in [0.25, 0.3) is 0 Å². The molecule has 0 spiro atoms. The maximum absolute atomic E-state index is 13.0. The van der Waals surface area contributed by atoms with Gasteiger partial charge < -0.3 is 61.6 Å². The topological polar surface area (TPSA) is 263 Å². The van der Waals surface area contributed by atoms with E-state index in [1.807, 2.05) is 23.5 Å². The molecule has 0 radical (unpaired) electrons. The highest BCUT2D eigenvalue weighted by Crippen LogP contribution is 2.48. The maximum atomic E-state index is 13.0. The highest BCUT2D eigenvalue weighted by atomic mass is 32.2. The summed E-state index contributed by atoms with van der Waals surface area (Å²) in [6.45, 7) is 4.02. The Morgan fingerprint density at radius 1 is 0.606 bits per heavy atom. The van der Waals surface area contributed by atoms with E-state index in [0.717, 1.165) is 88.6 Å². The summed E-state index contributed by atoms with van der Waals surface area (Å²) >= 11 is 3.87. The molecular weight excluding hydrogens is 949 g/mol. The van der Waals surface area contributed by atoms with Crippen LogP contribution in [0.1, 0.15) is 103 Å². The highest BCUT2D eigenvalue weighted by Gasteiger charge is 2.52. The molecule has 0 aromatic carbocycles. The fraction of sp³-hybridized carbons (Fsp3) is 0.816. The van der Waals surface area contributed by atoms with Gasteiger partial charge in [-0.15, -0.1) is 11.8 Å². The summed E-state index contributed by atoms with van der Waals surface area (Å²) < 4.78 is 17.3. The van der Waals surface area contributed by atoms with Crippen LogP contribution >= 0.6 is 23.5 Å². The molecule has 0 aromatic rings. The largest absolute Gasteiger partial charge is 0.445 e. The van der Waals surface area contributed by atoms with Crippen molar-refractivity contribution < 1.29 is 38.2 Å². The van der Waals surface area contributed by atoms with Crippen LogP contribution in [0.4, 0.5) is 4.79 Å². The Labute approximate surface area is 429 Å². The molecule has 0 aromatic heterocycles. The minimum Gasteiger partial charge on any atom is -0.445 e. The second kappa shape index (κ2) is 30.8. The Morgan fingerprint density at radius 2 is 1.06 bits per heavy atom. The quantitative estimate of drug-likeness (QED) is 0.0325. The first-order valence-corrected chi connectivity index (χ1v) is 28.4. The van der Waals surface area contributed by atoms with Gasteiger partial charge in [0.15, 0.2) is 11.9 Å². The summed E-state index contributed by atoms with van der Waals surface area (Å²) in [5, 5.41) is 41.3. The van der Waals surface area contributed by atoms with E-state index in [1.165, 1.54) is 4.90 Å².